The molecule has 2 heterocycles. The van der Waals surface area contributed by atoms with E-state index in [4.69, 9.17) is 17.7 Å². The van der Waals surface area contributed by atoms with Gasteiger partial charge in [0.25, 0.3) is 0 Å². The Morgan fingerprint density at radius 3 is 1.00 bits per heavy atom. The summed E-state index contributed by atoms with van der Waals surface area (Å²) < 4.78 is 26.6. The molecule has 0 aliphatic rings. The fourth-order valence-electron chi connectivity index (χ4n) is 7.92. The van der Waals surface area contributed by atoms with Gasteiger partial charge < -0.3 is 17.7 Å². The van der Waals surface area contributed by atoms with Gasteiger partial charge >= 0.3 is 16.6 Å². The predicted octanol–water partition coefficient (Wildman–Crippen LogP) is 7.03. The number of benzene rings is 4. The van der Waals surface area contributed by atoms with Crippen LogP contribution in [0.5, 0.6) is 11.5 Å². The Bertz CT molecular complexity index is 2110. The molecule has 0 saturated heterocycles. The molecule has 8 nitrogen and oxygen atoms in total. The lowest BCUT2D eigenvalue weighted by molar-refractivity contribution is 0.219. The van der Waals surface area contributed by atoms with E-state index in [2.05, 4.69) is 99.9 Å². The second-order valence-electron chi connectivity index (χ2n) is 17.1. The molecule has 6 aromatic rings. The van der Waals surface area contributed by atoms with E-state index >= 15 is 0 Å². The van der Waals surface area contributed by atoms with Crippen LogP contribution in [0, 0.1) is 0 Å². The summed E-state index contributed by atoms with van der Waals surface area (Å²) in [6, 6.07) is 43.9. The fourth-order valence-corrected chi connectivity index (χ4v) is 16.8. The molecule has 6 rings (SSSR count). The predicted molar refractivity (Wildman–Crippen MR) is 239 cm³/mol. The molecule has 0 bridgehead atoms. The highest BCUT2D eigenvalue weighted by Crippen LogP contribution is 2.39. The zero-order valence-electron chi connectivity index (χ0n) is 35.0. The molecule has 0 fully saturated rings. The molecular weight excluding hydrogens is 757 g/mol. The van der Waals surface area contributed by atoms with E-state index < -0.39 is 16.6 Å². The maximum atomic E-state index is 13.7. The van der Waals surface area contributed by atoms with E-state index in [0.29, 0.717) is 37.7 Å². The molecule has 0 spiro atoms. The van der Waals surface area contributed by atoms with Gasteiger partial charge in [0.2, 0.25) is 10.9 Å². The van der Waals surface area contributed by atoms with Gasteiger partial charge in [-0.1, -0.05) is 163 Å². The van der Waals surface area contributed by atoms with Crippen molar-refractivity contribution < 1.29 is 17.7 Å². The van der Waals surface area contributed by atoms with Crippen LogP contribution in [0.15, 0.2) is 164 Å². The van der Waals surface area contributed by atoms with Crippen molar-refractivity contribution in [3.63, 3.8) is 0 Å². The molecule has 0 amide bonds. The van der Waals surface area contributed by atoms with E-state index in [1.54, 1.807) is 0 Å². The van der Waals surface area contributed by atoms with Crippen molar-refractivity contribution in [3.05, 3.63) is 178 Å². The summed E-state index contributed by atoms with van der Waals surface area (Å²) in [5.41, 5.74) is -0.431. The SMILES string of the molecule is CN(CCN(C)Cc1occc(=O)c1O[Si](c1ccccc1)(c1ccccc1)C(C)(C)C)Cc1occc(=O)c1O[Si](c1ccccc1)(c1ccccc1)C(C)(C)C. The van der Waals surface area contributed by atoms with Gasteiger partial charge in [-0.3, -0.25) is 19.4 Å². The minimum absolute atomic E-state index is 0.215. The molecule has 0 N–H and O–H groups in total. The third kappa shape index (κ3) is 8.75. The third-order valence-electron chi connectivity index (χ3n) is 10.8. The van der Waals surface area contributed by atoms with Gasteiger partial charge in [-0.05, 0) is 44.9 Å². The van der Waals surface area contributed by atoms with Crippen molar-refractivity contribution in [1.29, 1.82) is 0 Å². The Morgan fingerprint density at radius 2 is 0.741 bits per heavy atom. The molecule has 2 aromatic heterocycles. The summed E-state index contributed by atoms with van der Waals surface area (Å²) in [6.07, 6.45) is 2.89. The molecule has 58 heavy (non-hydrogen) atoms. The number of nitrogens with zero attached hydrogens (tertiary/aromatic N) is 2. The van der Waals surface area contributed by atoms with Crippen molar-refractivity contribution in [2.75, 3.05) is 27.2 Å². The van der Waals surface area contributed by atoms with Crippen molar-refractivity contribution in [2.24, 2.45) is 0 Å². The van der Waals surface area contributed by atoms with Gasteiger partial charge in [-0.15, -0.1) is 0 Å². The van der Waals surface area contributed by atoms with Crippen molar-refractivity contribution in [3.8, 4) is 11.5 Å². The number of rotatable bonds is 15. The largest absolute Gasteiger partial charge is 0.529 e. The van der Waals surface area contributed by atoms with Gasteiger partial charge in [0.1, 0.15) is 0 Å². The molecular formula is C48H56N2O6Si2. The van der Waals surface area contributed by atoms with Gasteiger partial charge in [0.05, 0.1) is 25.6 Å². The Labute approximate surface area is 345 Å². The fraction of sp³-hybridized carbons (Fsp3) is 0.292. The number of hydrogen-bond acceptors (Lipinski definition) is 8. The average molecular weight is 813 g/mol. The van der Waals surface area contributed by atoms with Crippen molar-refractivity contribution in [1.82, 2.24) is 9.80 Å². The van der Waals surface area contributed by atoms with Crippen molar-refractivity contribution in [2.45, 2.75) is 64.7 Å². The first kappa shape index (κ1) is 42.3. The molecule has 0 atom stereocenters. The van der Waals surface area contributed by atoms with E-state index in [-0.39, 0.29) is 32.4 Å². The first-order valence-corrected chi connectivity index (χ1v) is 23.7. The topological polar surface area (TPSA) is 85.4 Å². The van der Waals surface area contributed by atoms with Crippen LogP contribution in [0.2, 0.25) is 10.1 Å². The van der Waals surface area contributed by atoms with Crippen LogP contribution in [0.1, 0.15) is 53.1 Å². The summed E-state index contributed by atoms with van der Waals surface area (Å²) in [6.45, 7) is 15.1. The number of hydrogen-bond donors (Lipinski definition) is 0. The normalized spacial score (nSPS) is 12.5. The minimum Gasteiger partial charge on any atom is -0.529 e. The van der Waals surface area contributed by atoms with E-state index in [9.17, 15) is 9.59 Å². The second kappa shape index (κ2) is 17.7. The zero-order valence-corrected chi connectivity index (χ0v) is 37.0. The first-order valence-electron chi connectivity index (χ1n) is 19.9. The van der Waals surface area contributed by atoms with Crippen LogP contribution in [-0.4, -0.2) is 53.6 Å². The number of likely N-dealkylation sites (N-methyl/N-ethyl adjacent to an activating group) is 2. The van der Waals surface area contributed by atoms with E-state index in [1.165, 1.54) is 24.7 Å². The maximum Gasteiger partial charge on any atom is 0.320 e. The molecule has 302 valence electrons. The second-order valence-corrected chi connectivity index (χ2v) is 25.5. The van der Waals surface area contributed by atoms with Crippen LogP contribution in [0.4, 0.5) is 0 Å². The summed E-state index contributed by atoms with van der Waals surface area (Å²) in [7, 11) is -2.21. The maximum absolute atomic E-state index is 13.7. The van der Waals surface area contributed by atoms with Gasteiger partial charge in [0.15, 0.2) is 23.0 Å². The lowest BCUT2D eigenvalue weighted by Crippen LogP contribution is -2.69. The molecule has 10 heteroatoms. The molecule has 4 aromatic carbocycles. The van der Waals surface area contributed by atoms with Gasteiger partial charge in [0, 0.05) is 25.2 Å². The monoisotopic (exact) mass is 812 g/mol. The zero-order chi connectivity index (χ0) is 41.6. The summed E-state index contributed by atoms with van der Waals surface area (Å²) >= 11 is 0. The molecule has 0 aliphatic heterocycles. The lowest BCUT2D eigenvalue weighted by Gasteiger charge is -2.43. The molecule has 0 saturated carbocycles. The smallest absolute Gasteiger partial charge is 0.320 e. The Morgan fingerprint density at radius 1 is 0.466 bits per heavy atom. The third-order valence-corrected chi connectivity index (χ3v) is 20.7. The highest BCUT2D eigenvalue weighted by molar-refractivity contribution is 7.00. The van der Waals surface area contributed by atoms with Crippen molar-refractivity contribution >= 4 is 37.4 Å². The van der Waals surface area contributed by atoms with Crippen LogP contribution >= 0.6 is 0 Å². The summed E-state index contributed by atoms with van der Waals surface area (Å²) in [4.78, 5) is 31.7. The van der Waals surface area contributed by atoms with Gasteiger partial charge in [-0.2, -0.15) is 0 Å². The highest BCUT2D eigenvalue weighted by Gasteiger charge is 2.54. The quantitative estimate of drug-likeness (QED) is 0.102. The van der Waals surface area contributed by atoms with Gasteiger partial charge in [-0.25, -0.2) is 0 Å². The Hall–Kier alpha value is -5.27. The molecule has 0 aliphatic carbocycles. The standard InChI is InChI=1S/C48H56N2O6Si2/c1-47(2,3)57(37-21-13-9-14-22-37,38-23-15-10-16-24-38)55-45-41(51)29-33-53-43(45)35-49(7)31-32-50(8)36-44-46(42(52)30-34-54-44)56-58(48(4,5)6,39-25-17-11-18-26-39)40-27-19-12-20-28-40/h9-30,33-34H,31-32,35-36H2,1-8H3. The Kier molecular flexibility index (Phi) is 12.9. The summed E-state index contributed by atoms with van der Waals surface area (Å²) in [5, 5.41) is 3.62. The lowest BCUT2D eigenvalue weighted by atomic mass is 10.2. The van der Waals surface area contributed by atoms with Crippen LogP contribution < -0.4 is 40.5 Å². The highest BCUT2D eigenvalue weighted by atomic mass is 28.4. The average Bonchev–Trinajstić information content (AvgIpc) is 3.20. The van der Waals surface area contributed by atoms with Crippen LogP contribution in [0.3, 0.4) is 0 Å². The minimum atomic E-state index is -3.10. The molecule has 0 radical (unpaired) electrons. The van der Waals surface area contributed by atoms with E-state index in [1.807, 2.05) is 86.9 Å². The Balaban J connectivity index is 1.24. The van der Waals surface area contributed by atoms with Crippen LogP contribution in [0.25, 0.3) is 0 Å². The first-order chi connectivity index (χ1) is 27.7. The van der Waals surface area contributed by atoms with Crippen LogP contribution in [-0.2, 0) is 13.1 Å². The summed E-state index contributed by atoms with van der Waals surface area (Å²) in [5.74, 6) is 1.43. The molecule has 0 unspecified atom stereocenters. The van der Waals surface area contributed by atoms with E-state index in [0.717, 1.165) is 20.7 Å².